The predicted molar refractivity (Wildman–Crippen MR) is 77.9 cm³/mol. The van der Waals surface area contributed by atoms with Crippen LogP contribution in [0.3, 0.4) is 0 Å². The molecule has 0 aliphatic heterocycles. The van der Waals surface area contributed by atoms with Crippen molar-refractivity contribution in [3.05, 3.63) is 56.8 Å². The summed E-state index contributed by atoms with van der Waals surface area (Å²) < 4.78 is 5.26. The van der Waals surface area contributed by atoms with Crippen LogP contribution in [0, 0.1) is 13.8 Å². The van der Waals surface area contributed by atoms with Gasteiger partial charge in [0.05, 0.1) is 5.56 Å². The molecule has 1 amide bonds. The molecule has 0 atom stereocenters. The largest absolute Gasteiger partial charge is 0.457 e. The standard InChI is InChI=1S/C15H15NO3S/c1-9-7-13(10(2)20-9)15(18)19-8-11-3-5-12(6-4-11)14(16)17/h3-7H,8H2,1-2H3,(H2,16,17). The highest BCUT2D eigenvalue weighted by Gasteiger charge is 2.13. The zero-order chi connectivity index (χ0) is 14.7. The Morgan fingerprint density at radius 3 is 2.35 bits per heavy atom. The van der Waals surface area contributed by atoms with E-state index in [4.69, 9.17) is 10.5 Å². The third kappa shape index (κ3) is 3.24. The van der Waals surface area contributed by atoms with Crippen LogP contribution in [-0.4, -0.2) is 11.9 Å². The van der Waals surface area contributed by atoms with Crippen LogP contribution >= 0.6 is 11.3 Å². The fourth-order valence-corrected chi connectivity index (χ4v) is 2.74. The quantitative estimate of drug-likeness (QED) is 0.880. The summed E-state index contributed by atoms with van der Waals surface area (Å²) in [6.45, 7) is 4.03. The number of ether oxygens (including phenoxy) is 1. The maximum atomic E-state index is 11.9. The summed E-state index contributed by atoms with van der Waals surface area (Å²) in [7, 11) is 0. The zero-order valence-corrected chi connectivity index (χ0v) is 12.1. The number of rotatable bonds is 4. The molecule has 2 N–H and O–H groups in total. The van der Waals surface area contributed by atoms with E-state index >= 15 is 0 Å². The Bertz CT molecular complexity index is 644. The second-order valence-corrected chi connectivity index (χ2v) is 5.92. The lowest BCUT2D eigenvalue weighted by Crippen LogP contribution is -2.11. The van der Waals surface area contributed by atoms with Crippen LogP contribution < -0.4 is 5.73 Å². The van der Waals surface area contributed by atoms with Gasteiger partial charge in [-0.3, -0.25) is 4.79 Å². The van der Waals surface area contributed by atoms with E-state index in [0.29, 0.717) is 11.1 Å². The molecule has 0 saturated carbocycles. The molecule has 0 aliphatic rings. The summed E-state index contributed by atoms with van der Waals surface area (Å²) in [5.74, 6) is -0.802. The highest BCUT2D eigenvalue weighted by atomic mass is 32.1. The highest BCUT2D eigenvalue weighted by molar-refractivity contribution is 7.12. The molecule has 0 fully saturated rings. The topological polar surface area (TPSA) is 69.4 Å². The number of carbonyl (C=O) groups is 2. The summed E-state index contributed by atoms with van der Waals surface area (Å²) in [5, 5.41) is 0. The number of primary amides is 1. The summed E-state index contributed by atoms with van der Waals surface area (Å²) in [4.78, 5) is 24.9. The van der Waals surface area contributed by atoms with Crippen LogP contribution in [0.25, 0.3) is 0 Å². The van der Waals surface area contributed by atoms with Gasteiger partial charge in [-0.1, -0.05) is 12.1 Å². The van der Waals surface area contributed by atoms with Crippen LogP contribution in [0.2, 0.25) is 0 Å². The number of thiophene rings is 1. The monoisotopic (exact) mass is 289 g/mol. The average molecular weight is 289 g/mol. The first-order valence-electron chi connectivity index (χ1n) is 6.10. The fraction of sp³-hybridized carbons (Fsp3) is 0.200. The minimum absolute atomic E-state index is 0.173. The fourth-order valence-electron chi connectivity index (χ4n) is 1.83. The van der Waals surface area contributed by atoms with Crippen LogP contribution in [-0.2, 0) is 11.3 Å². The minimum atomic E-state index is -0.474. The molecule has 2 rings (SSSR count). The van der Waals surface area contributed by atoms with E-state index in [-0.39, 0.29) is 12.6 Å². The summed E-state index contributed by atoms with van der Waals surface area (Å²) >= 11 is 1.57. The first-order chi connectivity index (χ1) is 9.47. The molecule has 2 aromatic rings. The molecule has 0 radical (unpaired) electrons. The number of nitrogens with two attached hydrogens (primary N) is 1. The predicted octanol–water partition coefficient (Wildman–Crippen LogP) is 2.82. The van der Waals surface area contributed by atoms with E-state index < -0.39 is 5.91 Å². The normalized spacial score (nSPS) is 10.3. The van der Waals surface area contributed by atoms with Crippen molar-refractivity contribution in [1.82, 2.24) is 0 Å². The van der Waals surface area contributed by atoms with Crippen molar-refractivity contribution in [3.8, 4) is 0 Å². The van der Waals surface area contributed by atoms with E-state index in [1.165, 1.54) is 0 Å². The molecule has 0 spiro atoms. The van der Waals surface area contributed by atoms with Gasteiger partial charge in [-0.25, -0.2) is 4.79 Å². The SMILES string of the molecule is Cc1cc(C(=O)OCc2ccc(C(N)=O)cc2)c(C)s1. The number of esters is 1. The van der Waals surface area contributed by atoms with Crippen LogP contribution in [0.15, 0.2) is 30.3 Å². The molecule has 1 aromatic carbocycles. The maximum absolute atomic E-state index is 11.9. The van der Waals surface area contributed by atoms with Crippen LogP contribution in [0.4, 0.5) is 0 Å². The van der Waals surface area contributed by atoms with Crippen molar-refractivity contribution in [1.29, 1.82) is 0 Å². The van der Waals surface area contributed by atoms with Gasteiger partial charge >= 0.3 is 5.97 Å². The third-order valence-electron chi connectivity index (χ3n) is 2.87. The molecule has 0 bridgehead atoms. The van der Waals surface area contributed by atoms with Gasteiger partial charge in [0.2, 0.25) is 5.91 Å². The van der Waals surface area contributed by atoms with E-state index in [1.807, 2.05) is 19.9 Å². The van der Waals surface area contributed by atoms with Crippen molar-refractivity contribution in [2.24, 2.45) is 5.73 Å². The summed E-state index contributed by atoms with van der Waals surface area (Å²) in [6.07, 6.45) is 0. The second kappa shape index (κ2) is 5.88. The van der Waals surface area contributed by atoms with Crippen LogP contribution in [0.1, 0.15) is 36.0 Å². The van der Waals surface area contributed by atoms with Crippen molar-refractivity contribution >= 4 is 23.2 Å². The van der Waals surface area contributed by atoms with Gasteiger partial charge in [0.15, 0.2) is 0 Å². The van der Waals surface area contributed by atoms with E-state index in [1.54, 1.807) is 35.6 Å². The molecule has 104 valence electrons. The summed E-state index contributed by atoms with van der Waals surface area (Å²) in [5.41, 5.74) is 7.02. The first-order valence-corrected chi connectivity index (χ1v) is 6.92. The van der Waals surface area contributed by atoms with Gasteiger partial charge in [0, 0.05) is 15.3 Å². The van der Waals surface area contributed by atoms with E-state index in [9.17, 15) is 9.59 Å². The minimum Gasteiger partial charge on any atom is -0.457 e. The van der Waals surface area contributed by atoms with Gasteiger partial charge < -0.3 is 10.5 Å². The van der Waals surface area contributed by atoms with Crippen molar-refractivity contribution in [3.63, 3.8) is 0 Å². The molecule has 4 nitrogen and oxygen atoms in total. The van der Waals surface area contributed by atoms with Gasteiger partial charge in [-0.2, -0.15) is 0 Å². The summed E-state index contributed by atoms with van der Waals surface area (Å²) in [6, 6.07) is 8.51. The van der Waals surface area contributed by atoms with Gasteiger partial charge in [-0.15, -0.1) is 11.3 Å². The zero-order valence-electron chi connectivity index (χ0n) is 11.3. The molecular weight excluding hydrogens is 274 g/mol. The molecule has 5 heteroatoms. The smallest absolute Gasteiger partial charge is 0.339 e. The van der Waals surface area contributed by atoms with Crippen molar-refractivity contribution in [2.75, 3.05) is 0 Å². The van der Waals surface area contributed by atoms with Crippen LogP contribution in [0.5, 0.6) is 0 Å². The number of hydrogen-bond acceptors (Lipinski definition) is 4. The molecule has 20 heavy (non-hydrogen) atoms. The number of amides is 1. The lowest BCUT2D eigenvalue weighted by molar-refractivity contribution is 0.0472. The van der Waals surface area contributed by atoms with E-state index in [0.717, 1.165) is 15.3 Å². The Balaban J connectivity index is 2.00. The van der Waals surface area contributed by atoms with Gasteiger partial charge in [-0.05, 0) is 37.6 Å². The maximum Gasteiger partial charge on any atom is 0.339 e. The van der Waals surface area contributed by atoms with E-state index in [2.05, 4.69) is 0 Å². The molecule has 0 saturated heterocycles. The van der Waals surface area contributed by atoms with Crippen molar-refractivity contribution < 1.29 is 14.3 Å². The Hall–Kier alpha value is -2.14. The Morgan fingerprint density at radius 1 is 1.20 bits per heavy atom. The first kappa shape index (κ1) is 14.3. The third-order valence-corrected chi connectivity index (χ3v) is 3.84. The Kier molecular flexibility index (Phi) is 4.20. The van der Waals surface area contributed by atoms with Gasteiger partial charge in [0.1, 0.15) is 6.61 Å². The lowest BCUT2D eigenvalue weighted by Gasteiger charge is -2.05. The molecular formula is C15H15NO3S. The average Bonchev–Trinajstić information content (AvgIpc) is 2.75. The molecule has 0 aliphatic carbocycles. The Labute approximate surface area is 121 Å². The highest BCUT2D eigenvalue weighted by Crippen LogP contribution is 2.21. The number of hydrogen-bond donors (Lipinski definition) is 1. The Morgan fingerprint density at radius 2 is 1.85 bits per heavy atom. The second-order valence-electron chi connectivity index (χ2n) is 4.46. The lowest BCUT2D eigenvalue weighted by atomic mass is 10.1. The number of benzene rings is 1. The van der Waals surface area contributed by atoms with Gasteiger partial charge in [0.25, 0.3) is 0 Å². The van der Waals surface area contributed by atoms with Crippen molar-refractivity contribution in [2.45, 2.75) is 20.5 Å². The number of aryl methyl sites for hydroxylation is 2. The molecule has 0 unspecified atom stereocenters. The molecule has 1 aromatic heterocycles. The molecule has 1 heterocycles. The number of carbonyl (C=O) groups excluding carboxylic acids is 2.